The molecule has 2 N–H and O–H groups in total. The molecule has 13 heteroatoms. The molecule has 6 rings (SSSR count). The normalized spacial score (nSPS) is 18.8. The van der Waals surface area contributed by atoms with Gasteiger partial charge in [0.25, 0.3) is 5.69 Å². The number of nitro benzene ring substituents is 1. The summed E-state index contributed by atoms with van der Waals surface area (Å²) in [6, 6.07) is 11.3. The molecule has 4 aliphatic heterocycles. The van der Waals surface area contributed by atoms with Crippen LogP contribution >= 0.6 is 12.4 Å². The fourth-order valence-corrected chi connectivity index (χ4v) is 6.42. The number of nitro groups is 1. The Morgan fingerprint density at radius 3 is 1.56 bits per heavy atom. The van der Waals surface area contributed by atoms with E-state index in [0.29, 0.717) is 24.7 Å². The standard InChI is InChI=1S/C17H25N3O4.C17H27N3O2.CH4.ClH/c21-20(22)17-14-15(24-13-10-18-8-11-23-12-9-18)4-5-16(17)19-6-2-1-3-7-19;18-16-14-15(22-13-10-19-8-11-21-12-9-19)4-5-17(16)20-6-2-1-3-7-20;;/h4-5,14H,1-3,6-13H2;4-5,14H,1-3,6-13,18H2;1H4;1H. The van der Waals surface area contributed by atoms with Crippen molar-refractivity contribution in [2.75, 3.05) is 121 Å². The van der Waals surface area contributed by atoms with E-state index in [1.54, 1.807) is 6.07 Å². The quantitative estimate of drug-likeness (QED) is 0.187. The first-order valence-corrected chi connectivity index (χ1v) is 17.1. The Balaban J connectivity index is 0.000000251. The van der Waals surface area contributed by atoms with Gasteiger partial charge in [0.15, 0.2) is 0 Å². The van der Waals surface area contributed by atoms with Gasteiger partial charge in [0.05, 0.1) is 48.8 Å². The molecule has 0 spiro atoms. The van der Waals surface area contributed by atoms with E-state index >= 15 is 0 Å². The molecule has 4 fully saturated rings. The van der Waals surface area contributed by atoms with Gasteiger partial charge in [0.1, 0.15) is 30.4 Å². The van der Waals surface area contributed by atoms with Crippen molar-refractivity contribution in [3.8, 4) is 11.5 Å². The average molecular weight is 693 g/mol. The Morgan fingerprint density at radius 1 is 0.667 bits per heavy atom. The van der Waals surface area contributed by atoms with Gasteiger partial charge in [-0.25, -0.2) is 0 Å². The third-order valence-electron chi connectivity index (χ3n) is 9.10. The van der Waals surface area contributed by atoms with Crippen molar-refractivity contribution in [1.29, 1.82) is 0 Å². The smallest absolute Gasteiger partial charge is 0.296 e. The molecule has 4 aliphatic rings. The number of halogens is 1. The summed E-state index contributed by atoms with van der Waals surface area (Å²) in [5, 5.41) is 11.4. The number of morpholine rings is 2. The van der Waals surface area contributed by atoms with Crippen molar-refractivity contribution in [2.45, 2.75) is 46.0 Å². The number of rotatable bonds is 11. The van der Waals surface area contributed by atoms with Gasteiger partial charge in [0, 0.05) is 71.5 Å². The third-order valence-corrected chi connectivity index (χ3v) is 9.10. The highest BCUT2D eigenvalue weighted by Gasteiger charge is 2.22. The minimum Gasteiger partial charge on any atom is -0.492 e. The molecule has 4 heterocycles. The number of ether oxygens (including phenoxy) is 4. The maximum atomic E-state index is 11.4. The molecule has 0 saturated carbocycles. The zero-order chi connectivity index (χ0) is 32.0. The second-order valence-electron chi connectivity index (χ2n) is 12.3. The third kappa shape index (κ3) is 12.1. The van der Waals surface area contributed by atoms with E-state index < -0.39 is 0 Å². The molecule has 0 unspecified atom stereocenters. The van der Waals surface area contributed by atoms with E-state index in [0.717, 1.165) is 122 Å². The number of benzene rings is 2. The topological polar surface area (TPSA) is 119 Å². The Kier molecular flexibility index (Phi) is 17.4. The first-order chi connectivity index (χ1) is 22.6. The summed E-state index contributed by atoms with van der Waals surface area (Å²) in [5.74, 6) is 1.43. The van der Waals surface area contributed by atoms with Crippen molar-refractivity contribution in [3.63, 3.8) is 0 Å². The minimum absolute atomic E-state index is 0. The monoisotopic (exact) mass is 692 g/mol. The molecule has 0 amide bonds. The van der Waals surface area contributed by atoms with Crippen molar-refractivity contribution in [2.24, 2.45) is 0 Å². The Morgan fingerprint density at radius 2 is 1.10 bits per heavy atom. The maximum Gasteiger partial charge on any atom is 0.296 e. The van der Waals surface area contributed by atoms with Crippen molar-refractivity contribution < 1.29 is 23.9 Å². The summed E-state index contributed by atoms with van der Waals surface area (Å²) in [6.07, 6.45) is 7.24. The molecular formula is C35H57ClN6O6. The summed E-state index contributed by atoms with van der Waals surface area (Å²) in [7, 11) is 0. The summed E-state index contributed by atoms with van der Waals surface area (Å²) < 4.78 is 22.2. The van der Waals surface area contributed by atoms with E-state index in [4.69, 9.17) is 24.7 Å². The van der Waals surface area contributed by atoms with Crippen LogP contribution in [0.5, 0.6) is 11.5 Å². The number of nitrogens with two attached hydrogens (primary N) is 1. The summed E-state index contributed by atoms with van der Waals surface area (Å²) in [4.78, 5) is 20.3. The predicted molar refractivity (Wildman–Crippen MR) is 196 cm³/mol. The van der Waals surface area contributed by atoms with E-state index in [-0.39, 0.29) is 30.4 Å². The van der Waals surface area contributed by atoms with E-state index in [1.165, 1.54) is 25.7 Å². The lowest BCUT2D eigenvalue weighted by Crippen LogP contribution is -2.38. The lowest BCUT2D eigenvalue weighted by atomic mass is 10.1. The lowest BCUT2D eigenvalue weighted by Gasteiger charge is -2.30. The predicted octanol–water partition coefficient (Wildman–Crippen LogP) is 5.32. The Labute approximate surface area is 293 Å². The average Bonchev–Trinajstić information content (AvgIpc) is 3.10. The van der Waals surface area contributed by atoms with Crippen molar-refractivity contribution >= 4 is 35.2 Å². The molecule has 12 nitrogen and oxygen atoms in total. The number of nitrogens with zero attached hydrogens (tertiary/aromatic N) is 5. The first-order valence-electron chi connectivity index (χ1n) is 17.1. The highest BCUT2D eigenvalue weighted by molar-refractivity contribution is 5.85. The largest absolute Gasteiger partial charge is 0.492 e. The van der Waals surface area contributed by atoms with E-state index in [2.05, 4.69) is 25.7 Å². The van der Waals surface area contributed by atoms with Crippen molar-refractivity contribution in [1.82, 2.24) is 9.80 Å². The molecule has 0 bridgehead atoms. The number of hydrogen-bond donors (Lipinski definition) is 1. The zero-order valence-electron chi connectivity index (χ0n) is 27.7. The molecule has 4 saturated heterocycles. The zero-order valence-corrected chi connectivity index (χ0v) is 28.5. The van der Waals surface area contributed by atoms with Crippen LogP contribution < -0.4 is 25.0 Å². The van der Waals surface area contributed by atoms with Gasteiger partial charge >= 0.3 is 0 Å². The fourth-order valence-electron chi connectivity index (χ4n) is 6.42. The molecule has 2 aromatic rings. The van der Waals surface area contributed by atoms with Crippen LogP contribution in [0.15, 0.2) is 36.4 Å². The minimum atomic E-state index is -0.307. The van der Waals surface area contributed by atoms with Crippen LogP contribution in [0.1, 0.15) is 46.0 Å². The lowest BCUT2D eigenvalue weighted by molar-refractivity contribution is -0.384. The maximum absolute atomic E-state index is 11.4. The highest BCUT2D eigenvalue weighted by atomic mass is 35.5. The second-order valence-corrected chi connectivity index (χ2v) is 12.3. The number of hydrogen-bond acceptors (Lipinski definition) is 11. The second kappa shape index (κ2) is 21.1. The molecule has 0 radical (unpaired) electrons. The van der Waals surface area contributed by atoms with Gasteiger partial charge in [-0.3, -0.25) is 19.9 Å². The molecule has 0 atom stereocenters. The SMILES string of the molecule is C.Cl.Nc1cc(OCCN2CCOCC2)ccc1N1CCCCC1.O=[N+]([O-])c1cc(OCCN2CCOCC2)ccc1N1CCCCC1. The van der Waals surface area contributed by atoms with Gasteiger partial charge in [-0.15, -0.1) is 12.4 Å². The van der Waals surface area contributed by atoms with Gasteiger partial charge in [-0.2, -0.15) is 0 Å². The molecule has 2 aromatic carbocycles. The summed E-state index contributed by atoms with van der Waals surface area (Å²) >= 11 is 0. The van der Waals surface area contributed by atoms with Gasteiger partial charge in [-0.1, -0.05) is 7.43 Å². The van der Waals surface area contributed by atoms with Crippen molar-refractivity contribution in [3.05, 3.63) is 46.5 Å². The van der Waals surface area contributed by atoms with Crippen LogP contribution in [0.25, 0.3) is 0 Å². The van der Waals surface area contributed by atoms with Gasteiger partial charge in [0.2, 0.25) is 0 Å². The summed E-state index contributed by atoms with van der Waals surface area (Å²) in [6.45, 7) is 14.0. The molecular weight excluding hydrogens is 636 g/mol. The highest BCUT2D eigenvalue weighted by Crippen LogP contribution is 2.34. The number of anilines is 3. The van der Waals surface area contributed by atoms with E-state index in [9.17, 15) is 10.1 Å². The summed E-state index contributed by atoms with van der Waals surface area (Å²) in [5.41, 5.74) is 9.04. The van der Waals surface area contributed by atoms with Crippen LogP contribution in [0.4, 0.5) is 22.7 Å². The Bertz CT molecular complexity index is 1220. The number of piperidine rings is 2. The van der Waals surface area contributed by atoms with Crippen LogP contribution in [-0.4, -0.2) is 120 Å². The Hall–Kier alpha value is -3.03. The van der Waals surface area contributed by atoms with Crippen LogP contribution in [0.3, 0.4) is 0 Å². The van der Waals surface area contributed by atoms with Gasteiger partial charge < -0.3 is 34.5 Å². The van der Waals surface area contributed by atoms with E-state index in [1.807, 2.05) is 24.3 Å². The molecule has 0 aliphatic carbocycles. The van der Waals surface area contributed by atoms with Crippen LogP contribution in [0.2, 0.25) is 0 Å². The van der Waals surface area contributed by atoms with Crippen LogP contribution in [-0.2, 0) is 9.47 Å². The van der Waals surface area contributed by atoms with Crippen LogP contribution in [0, 0.1) is 10.1 Å². The molecule has 48 heavy (non-hydrogen) atoms. The number of nitrogen functional groups attached to an aromatic ring is 1. The molecule has 270 valence electrons. The van der Waals surface area contributed by atoms with Gasteiger partial charge in [-0.05, 0) is 62.8 Å². The molecule has 0 aromatic heterocycles. The first kappa shape index (κ1) is 39.4. The fraction of sp³-hybridized carbons (Fsp3) is 0.657.